The molecule has 0 aromatic carbocycles. The van der Waals surface area contributed by atoms with E-state index in [2.05, 4.69) is 25.2 Å². The number of nitrogens with zero attached hydrogens (tertiary/aromatic N) is 3. The van der Waals surface area contributed by atoms with E-state index in [1.807, 2.05) is 0 Å². The van der Waals surface area contributed by atoms with Gasteiger partial charge in [0.25, 0.3) is 5.91 Å². The Balaban J connectivity index is 2.11. The minimum atomic E-state index is -0.346. The lowest BCUT2D eigenvalue weighted by molar-refractivity contribution is 0.102. The van der Waals surface area contributed by atoms with Crippen LogP contribution in [0.15, 0.2) is 35.2 Å². The second kappa shape index (κ2) is 3.65. The molecule has 0 bridgehead atoms. The van der Waals surface area contributed by atoms with E-state index in [-0.39, 0.29) is 11.7 Å². The minimum Gasteiger partial charge on any atom is -0.301 e. The number of hydrogen-bond acceptors (Lipinski definition) is 5. The van der Waals surface area contributed by atoms with E-state index in [1.165, 1.54) is 12.4 Å². The average Bonchev–Trinajstić information content (AvgIpc) is 2.72. The van der Waals surface area contributed by atoms with Gasteiger partial charge in [-0.3, -0.25) is 9.78 Å². The molecule has 2 aromatic rings. The third-order valence-electron chi connectivity index (χ3n) is 1.50. The highest BCUT2D eigenvalue weighted by molar-refractivity contribution is 6.02. The smallest absolute Gasteiger partial charge is 0.275 e. The Labute approximate surface area is 78.9 Å². The number of carbonyl (C=O) groups excluding carboxylic acids is 1. The second-order valence-corrected chi connectivity index (χ2v) is 2.46. The predicted octanol–water partition coefficient (Wildman–Crippen LogP) is 0.717. The molecule has 0 fully saturated rings. The summed E-state index contributed by atoms with van der Waals surface area (Å²) in [7, 11) is 0. The van der Waals surface area contributed by atoms with E-state index in [9.17, 15) is 4.79 Å². The van der Waals surface area contributed by atoms with Crippen molar-refractivity contribution in [3.63, 3.8) is 0 Å². The van der Waals surface area contributed by atoms with Gasteiger partial charge in [0.15, 0.2) is 5.82 Å². The highest BCUT2D eigenvalue weighted by Gasteiger charge is 2.07. The first-order valence-electron chi connectivity index (χ1n) is 3.86. The molecule has 2 aromatic heterocycles. The molecule has 1 amide bonds. The van der Waals surface area contributed by atoms with Gasteiger partial charge in [-0.1, -0.05) is 11.2 Å². The normalized spacial score (nSPS) is 9.71. The fourth-order valence-corrected chi connectivity index (χ4v) is 0.897. The van der Waals surface area contributed by atoms with Gasteiger partial charge in [0.1, 0.15) is 11.9 Å². The molecule has 0 saturated heterocycles. The summed E-state index contributed by atoms with van der Waals surface area (Å²) in [5, 5.41) is 9.25. The Morgan fingerprint density at radius 2 is 2.36 bits per heavy atom. The first-order valence-corrected chi connectivity index (χ1v) is 3.86. The van der Waals surface area contributed by atoms with Gasteiger partial charge >= 0.3 is 0 Å². The quantitative estimate of drug-likeness (QED) is 0.754. The molecule has 70 valence electrons. The van der Waals surface area contributed by atoms with Crippen LogP contribution in [0.1, 0.15) is 10.5 Å². The van der Waals surface area contributed by atoms with Gasteiger partial charge in [0, 0.05) is 6.20 Å². The van der Waals surface area contributed by atoms with Crippen molar-refractivity contribution < 1.29 is 9.42 Å². The Morgan fingerprint density at radius 1 is 1.43 bits per heavy atom. The van der Waals surface area contributed by atoms with Gasteiger partial charge in [-0.05, 0) is 17.3 Å². The summed E-state index contributed by atoms with van der Waals surface area (Å²) in [5.41, 5.74) is 0.315. The molecule has 0 radical (unpaired) electrons. The predicted molar refractivity (Wildman–Crippen MR) is 46.5 cm³/mol. The number of carbonyl (C=O) groups is 1. The summed E-state index contributed by atoms with van der Waals surface area (Å²) in [6.07, 6.45) is 2.84. The number of pyridine rings is 1. The van der Waals surface area contributed by atoms with Crippen LogP contribution in [-0.4, -0.2) is 21.2 Å². The van der Waals surface area contributed by atoms with E-state index in [4.69, 9.17) is 0 Å². The molecule has 6 nitrogen and oxygen atoms in total. The number of nitrogens with one attached hydrogen (secondary N) is 1. The molecule has 0 aliphatic rings. The molecule has 0 atom stereocenters. The summed E-state index contributed by atoms with van der Waals surface area (Å²) >= 11 is 0. The van der Waals surface area contributed by atoms with E-state index < -0.39 is 0 Å². The number of aromatic nitrogens is 3. The lowest BCUT2D eigenvalue weighted by Gasteiger charge is -1.97. The molecule has 2 heterocycles. The van der Waals surface area contributed by atoms with Crippen molar-refractivity contribution in [3.8, 4) is 0 Å². The van der Waals surface area contributed by atoms with Crippen molar-refractivity contribution in [2.24, 2.45) is 0 Å². The van der Waals surface area contributed by atoms with Gasteiger partial charge in [-0.2, -0.15) is 0 Å². The van der Waals surface area contributed by atoms with Crippen molar-refractivity contribution in [2.45, 2.75) is 0 Å². The van der Waals surface area contributed by atoms with Gasteiger partial charge in [-0.15, -0.1) is 0 Å². The van der Waals surface area contributed by atoms with Gasteiger partial charge in [-0.25, -0.2) is 4.63 Å². The molecule has 0 aliphatic heterocycles. The minimum absolute atomic E-state index is 0.264. The van der Waals surface area contributed by atoms with E-state index in [0.717, 1.165) is 0 Å². The maximum absolute atomic E-state index is 11.4. The topological polar surface area (TPSA) is 80.9 Å². The number of anilines is 1. The van der Waals surface area contributed by atoms with Gasteiger partial charge < -0.3 is 5.32 Å². The molecule has 1 N–H and O–H groups in total. The van der Waals surface area contributed by atoms with Crippen LogP contribution in [0.4, 0.5) is 5.82 Å². The third-order valence-corrected chi connectivity index (χ3v) is 1.50. The van der Waals surface area contributed by atoms with Crippen LogP contribution in [0, 0.1) is 0 Å². The summed E-state index contributed by atoms with van der Waals surface area (Å²) in [6, 6.07) is 5.06. The van der Waals surface area contributed by atoms with Crippen LogP contribution in [0.2, 0.25) is 0 Å². The Hall–Kier alpha value is -2.24. The van der Waals surface area contributed by atoms with E-state index in [1.54, 1.807) is 18.2 Å². The standard InChI is InChI=1S/C8H6N4O2/c13-8(6-3-1-2-4-9-6)11-7-5-10-14-12-7/h1-5H,(H,11,12,13). The molecule has 0 unspecified atom stereocenters. The van der Waals surface area contributed by atoms with Crippen LogP contribution in [0.25, 0.3) is 0 Å². The van der Waals surface area contributed by atoms with Crippen molar-refractivity contribution in [3.05, 3.63) is 36.3 Å². The van der Waals surface area contributed by atoms with E-state index in [0.29, 0.717) is 5.69 Å². The van der Waals surface area contributed by atoms with E-state index >= 15 is 0 Å². The summed E-state index contributed by atoms with van der Waals surface area (Å²) in [6.45, 7) is 0. The lowest BCUT2D eigenvalue weighted by Crippen LogP contribution is -2.13. The molecule has 0 spiro atoms. The Morgan fingerprint density at radius 3 is 3.00 bits per heavy atom. The summed E-state index contributed by atoms with van der Waals surface area (Å²) in [5.74, 6) is -0.0815. The highest BCUT2D eigenvalue weighted by atomic mass is 16.6. The molecule has 6 heteroatoms. The zero-order chi connectivity index (χ0) is 9.80. The maximum Gasteiger partial charge on any atom is 0.275 e. The van der Waals surface area contributed by atoms with Crippen LogP contribution in [-0.2, 0) is 0 Å². The van der Waals surface area contributed by atoms with Crippen molar-refractivity contribution in [2.75, 3.05) is 5.32 Å². The van der Waals surface area contributed by atoms with Crippen LogP contribution < -0.4 is 5.32 Å². The zero-order valence-corrected chi connectivity index (χ0v) is 7.04. The average molecular weight is 190 g/mol. The largest absolute Gasteiger partial charge is 0.301 e. The number of rotatable bonds is 2. The highest BCUT2D eigenvalue weighted by Crippen LogP contribution is 2.01. The first-order chi connectivity index (χ1) is 6.86. The number of amides is 1. The zero-order valence-electron chi connectivity index (χ0n) is 7.04. The van der Waals surface area contributed by atoms with Gasteiger partial charge in [0.2, 0.25) is 0 Å². The number of hydrogen-bond donors (Lipinski definition) is 1. The molecule has 14 heavy (non-hydrogen) atoms. The maximum atomic E-state index is 11.4. The molecular formula is C8H6N4O2. The van der Waals surface area contributed by atoms with Crippen molar-refractivity contribution in [1.29, 1.82) is 0 Å². The first kappa shape index (κ1) is 8.36. The lowest BCUT2D eigenvalue weighted by atomic mass is 10.3. The van der Waals surface area contributed by atoms with Crippen LogP contribution >= 0.6 is 0 Å². The monoisotopic (exact) mass is 190 g/mol. The molecular weight excluding hydrogens is 184 g/mol. The fraction of sp³-hybridized carbons (Fsp3) is 0. The van der Waals surface area contributed by atoms with Gasteiger partial charge in [0.05, 0.1) is 0 Å². The van der Waals surface area contributed by atoms with Crippen molar-refractivity contribution in [1.82, 2.24) is 15.3 Å². The molecule has 2 rings (SSSR count). The molecule has 0 aliphatic carbocycles. The second-order valence-electron chi connectivity index (χ2n) is 2.46. The Bertz CT molecular complexity index is 412. The summed E-state index contributed by atoms with van der Waals surface area (Å²) < 4.78 is 4.32. The van der Waals surface area contributed by atoms with Crippen molar-refractivity contribution >= 4 is 11.7 Å². The van der Waals surface area contributed by atoms with Crippen LogP contribution in [0.3, 0.4) is 0 Å². The fourth-order valence-electron chi connectivity index (χ4n) is 0.897. The SMILES string of the molecule is O=C(Nc1cnon1)c1ccccn1. The third kappa shape index (κ3) is 1.74. The Kier molecular flexibility index (Phi) is 2.18. The van der Waals surface area contributed by atoms with Crippen LogP contribution in [0.5, 0.6) is 0 Å². The molecule has 0 saturated carbocycles. The summed E-state index contributed by atoms with van der Waals surface area (Å²) in [4.78, 5) is 15.3.